The maximum atomic E-state index is 11.2. The predicted molar refractivity (Wildman–Crippen MR) is 76.5 cm³/mol. The molecule has 0 saturated heterocycles. The second-order valence-electron chi connectivity index (χ2n) is 5.97. The minimum atomic E-state index is -1.81. The molecule has 0 heterocycles. The molecule has 0 aliphatic heterocycles. The van der Waals surface area contributed by atoms with Crippen LogP contribution in [0, 0.1) is 0 Å². The Morgan fingerprint density at radius 1 is 1.00 bits per heavy atom. The normalized spacial score (nSPS) is 13.4. The molecule has 0 atom stereocenters. The molecule has 106 valence electrons. The lowest BCUT2D eigenvalue weighted by Crippen LogP contribution is -2.43. The van der Waals surface area contributed by atoms with Crippen LogP contribution >= 0.6 is 0 Å². The molecule has 0 spiro atoms. The summed E-state index contributed by atoms with van der Waals surface area (Å²) in [7, 11) is -2.29. The highest BCUT2D eigenvalue weighted by molar-refractivity contribution is 6.70. The van der Waals surface area contributed by atoms with Gasteiger partial charge in [-0.25, -0.2) is 4.79 Å². The number of carbonyl (C=O) groups is 1. The number of methoxy groups -OCH3 is 1. The SMILES string of the molecule is COC(=O)/C=C(\C)N(O[Si](C)(C)C)O[Si](C)(C)C. The standard InChI is InChI=1S/C11H25NO4Si2/c1-10(9-11(13)14-2)12(15-17(3,4)5)16-18(6,7)8/h9H,1-8H3/b10-9+. The zero-order valence-corrected chi connectivity index (χ0v) is 14.7. The van der Waals surface area contributed by atoms with Gasteiger partial charge in [0.05, 0.1) is 12.8 Å². The zero-order valence-electron chi connectivity index (χ0n) is 12.7. The highest BCUT2D eigenvalue weighted by atomic mass is 28.4. The van der Waals surface area contributed by atoms with Gasteiger partial charge in [0.2, 0.25) is 16.6 Å². The number of hydroxylamine groups is 2. The molecule has 7 heteroatoms. The average molecular weight is 291 g/mol. The molecule has 0 aromatic heterocycles. The van der Waals surface area contributed by atoms with Crippen molar-refractivity contribution in [3.8, 4) is 0 Å². The lowest BCUT2D eigenvalue weighted by Gasteiger charge is -2.34. The molecule has 0 amide bonds. The largest absolute Gasteiger partial charge is 0.466 e. The van der Waals surface area contributed by atoms with Crippen LogP contribution in [-0.4, -0.2) is 34.9 Å². The second kappa shape index (κ2) is 6.51. The average Bonchev–Trinajstić information content (AvgIpc) is 2.11. The summed E-state index contributed by atoms with van der Waals surface area (Å²) < 4.78 is 16.3. The van der Waals surface area contributed by atoms with Gasteiger partial charge in [-0.2, -0.15) is 5.23 Å². The van der Waals surface area contributed by atoms with Gasteiger partial charge in [-0.1, -0.05) is 0 Å². The summed E-state index contributed by atoms with van der Waals surface area (Å²) in [6.07, 6.45) is 1.36. The third-order valence-electron chi connectivity index (χ3n) is 1.53. The Hall–Kier alpha value is -0.636. The molecular weight excluding hydrogens is 266 g/mol. The fourth-order valence-corrected chi connectivity index (χ4v) is 2.37. The van der Waals surface area contributed by atoms with Crippen molar-refractivity contribution in [2.45, 2.75) is 46.2 Å². The van der Waals surface area contributed by atoms with Crippen molar-refractivity contribution in [1.29, 1.82) is 0 Å². The van der Waals surface area contributed by atoms with Crippen molar-refractivity contribution in [2.24, 2.45) is 0 Å². The Kier molecular flexibility index (Phi) is 6.28. The van der Waals surface area contributed by atoms with Crippen LogP contribution in [0.4, 0.5) is 0 Å². The van der Waals surface area contributed by atoms with E-state index in [1.165, 1.54) is 18.4 Å². The van der Waals surface area contributed by atoms with E-state index < -0.39 is 22.6 Å². The first kappa shape index (κ1) is 17.4. The van der Waals surface area contributed by atoms with Crippen LogP contribution < -0.4 is 0 Å². The summed E-state index contributed by atoms with van der Waals surface area (Å²) in [5, 5.41) is 1.38. The van der Waals surface area contributed by atoms with Crippen molar-refractivity contribution >= 4 is 22.6 Å². The van der Waals surface area contributed by atoms with Crippen molar-refractivity contribution in [3.05, 3.63) is 11.8 Å². The van der Waals surface area contributed by atoms with Crippen molar-refractivity contribution in [3.63, 3.8) is 0 Å². The Balaban J connectivity index is 4.97. The molecule has 0 fully saturated rings. The van der Waals surface area contributed by atoms with Gasteiger partial charge in [0.1, 0.15) is 0 Å². The fourth-order valence-electron chi connectivity index (χ4n) is 0.942. The molecule has 0 aliphatic rings. The summed E-state index contributed by atoms with van der Waals surface area (Å²) in [6.45, 7) is 14.1. The summed E-state index contributed by atoms with van der Waals surface area (Å²) in [5.74, 6) is -0.421. The number of ether oxygens (including phenoxy) is 1. The van der Waals surface area contributed by atoms with Gasteiger partial charge in [0, 0.05) is 6.08 Å². The Bertz CT molecular complexity index is 302. The van der Waals surface area contributed by atoms with E-state index in [0.29, 0.717) is 5.70 Å². The lowest BCUT2D eigenvalue weighted by atomic mass is 10.4. The molecule has 0 N–H and O–H groups in total. The van der Waals surface area contributed by atoms with Crippen molar-refractivity contribution in [1.82, 2.24) is 5.23 Å². The van der Waals surface area contributed by atoms with E-state index in [1.807, 2.05) is 0 Å². The predicted octanol–water partition coefficient (Wildman–Crippen LogP) is 2.90. The zero-order chi connectivity index (χ0) is 14.6. The number of nitrogens with zero attached hydrogens (tertiary/aromatic N) is 1. The number of esters is 1. The molecule has 0 bridgehead atoms. The first-order valence-electron chi connectivity index (χ1n) is 5.89. The quantitative estimate of drug-likeness (QED) is 0.326. The minimum Gasteiger partial charge on any atom is -0.466 e. The van der Waals surface area contributed by atoms with E-state index >= 15 is 0 Å². The number of hydrogen-bond donors (Lipinski definition) is 0. The molecule has 0 unspecified atom stereocenters. The first-order chi connectivity index (χ1) is 7.94. The summed E-state index contributed by atoms with van der Waals surface area (Å²) in [6, 6.07) is 0. The van der Waals surface area contributed by atoms with Crippen LogP contribution in [-0.2, 0) is 18.6 Å². The first-order valence-corrected chi connectivity index (χ1v) is 12.7. The maximum Gasteiger partial charge on any atom is 0.332 e. The van der Waals surface area contributed by atoms with Crippen molar-refractivity contribution in [2.75, 3.05) is 7.11 Å². The highest BCUT2D eigenvalue weighted by Gasteiger charge is 2.27. The molecule has 0 radical (unpaired) electrons. The number of allylic oxidation sites excluding steroid dienone is 1. The monoisotopic (exact) mass is 291 g/mol. The van der Waals surface area contributed by atoms with Crippen molar-refractivity contribution < 1.29 is 18.6 Å². The molecule has 5 nitrogen and oxygen atoms in total. The summed E-state index contributed by atoms with van der Waals surface area (Å²) in [5.41, 5.74) is 0.590. The third kappa shape index (κ3) is 8.45. The van der Waals surface area contributed by atoms with Gasteiger partial charge < -0.3 is 4.74 Å². The van der Waals surface area contributed by atoms with E-state index in [0.717, 1.165) is 0 Å². The Morgan fingerprint density at radius 2 is 1.39 bits per heavy atom. The highest BCUT2D eigenvalue weighted by Crippen LogP contribution is 2.17. The molecule has 0 aromatic rings. The molecule has 0 rings (SSSR count). The van der Waals surface area contributed by atoms with Crippen LogP contribution in [0.2, 0.25) is 39.3 Å². The van der Waals surface area contributed by atoms with Gasteiger partial charge in [-0.15, -0.1) is 0 Å². The van der Waals surface area contributed by atoms with E-state index in [4.69, 9.17) is 9.05 Å². The second-order valence-corrected chi connectivity index (χ2v) is 14.8. The Morgan fingerprint density at radius 3 is 1.67 bits per heavy atom. The third-order valence-corrected chi connectivity index (χ3v) is 2.96. The van der Waals surface area contributed by atoms with Gasteiger partial charge in [0.25, 0.3) is 0 Å². The lowest BCUT2D eigenvalue weighted by molar-refractivity contribution is -0.242. The van der Waals surface area contributed by atoms with Crippen LogP contribution in [0.15, 0.2) is 11.8 Å². The minimum absolute atomic E-state index is 0.421. The number of rotatable bonds is 6. The smallest absolute Gasteiger partial charge is 0.332 e. The van der Waals surface area contributed by atoms with Crippen LogP contribution in [0.25, 0.3) is 0 Å². The molecular formula is C11H25NO4Si2. The molecule has 18 heavy (non-hydrogen) atoms. The Labute approximate surface area is 112 Å². The molecule has 0 aliphatic carbocycles. The fraction of sp³-hybridized carbons (Fsp3) is 0.727. The van der Waals surface area contributed by atoms with E-state index in [-0.39, 0.29) is 0 Å². The van der Waals surface area contributed by atoms with Gasteiger partial charge in [0.15, 0.2) is 0 Å². The molecule has 0 aromatic carbocycles. The number of hydrogen-bond acceptors (Lipinski definition) is 5. The van der Waals surface area contributed by atoms with E-state index in [1.54, 1.807) is 6.92 Å². The van der Waals surface area contributed by atoms with Crippen LogP contribution in [0.1, 0.15) is 6.92 Å². The van der Waals surface area contributed by atoms with E-state index in [9.17, 15) is 4.79 Å². The van der Waals surface area contributed by atoms with Gasteiger partial charge in [-0.05, 0) is 46.2 Å². The van der Waals surface area contributed by atoms with Gasteiger partial charge in [-0.3, -0.25) is 9.05 Å². The maximum absolute atomic E-state index is 11.2. The summed E-state index contributed by atoms with van der Waals surface area (Å²) >= 11 is 0. The summed E-state index contributed by atoms with van der Waals surface area (Å²) in [4.78, 5) is 11.2. The van der Waals surface area contributed by atoms with Crippen LogP contribution in [0.5, 0.6) is 0 Å². The van der Waals surface area contributed by atoms with Crippen LogP contribution in [0.3, 0.4) is 0 Å². The molecule has 0 saturated carbocycles. The van der Waals surface area contributed by atoms with E-state index in [2.05, 4.69) is 44.0 Å². The topological polar surface area (TPSA) is 48.0 Å². The number of carbonyl (C=O) groups excluding carboxylic acids is 1. The van der Waals surface area contributed by atoms with Gasteiger partial charge >= 0.3 is 5.97 Å².